The van der Waals surface area contributed by atoms with Gasteiger partial charge in [-0.2, -0.15) is 0 Å². The number of hydrogen-bond acceptors (Lipinski definition) is 2. The molecule has 52 valence electrons. The quantitative estimate of drug-likeness (QED) is 0.419. The summed E-state index contributed by atoms with van der Waals surface area (Å²) in [7, 11) is 0. The molecule has 0 rings (SSSR count). The molecule has 0 saturated heterocycles. The molecule has 0 spiro atoms. The third kappa shape index (κ3) is 3.92. The van der Waals surface area contributed by atoms with E-state index in [-0.39, 0.29) is 5.41 Å². The monoisotopic (exact) mass is 127 g/mol. The smallest absolute Gasteiger partial charge is 0.211 e. The fraction of sp³-hybridized carbons (Fsp3) is 0.857. The van der Waals surface area contributed by atoms with Gasteiger partial charge >= 0.3 is 0 Å². The molecule has 0 aliphatic carbocycles. The van der Waals surface area contributed by atoms with E-state index in [1.165, 1.54) is 6.08 Å². The average molecular weight is 127 g/mol. The summed E-state index contributed by atoms with van der Waals surface area (Å²) in [5.74, 6) is 0. The van der Waals surface area contributed by atoms with Crippen LogP contribution in [0.2, 0.25) is 0 Å². The molecule has 0 aromatic heterocycles. The molecule has 0 aliphatic rings. The second kappa shape index (κ2) is 3.41. The highest BCUT2D eigenvalue weighted by molar-refractivity contribution is 5.32. The number of carbonyl (C=O) groups excluding carboxylic acids is 1. The second-order valence-electron chi connectivity index (χ2n) is 2.93. The van der Waals surface area contributed by atoms with Crippen molar-refractivity contribution in [2.45, 2.75) is 27.2 Å². The van der Waals surface area contributed by atoms with Gasteiger partial charge in [0.05, 0.1) is 6.54 Å². The molecule has 0 aromatic carbocycles. The summed E-state index contributed by atoms with van der Waals surface area (Å²) in [6, 6.07) is 0. The van der Waals surface area contributed by atoms with Crippen molar-refractivity contribution < 1.29 is 4.79 Å². The van der Waals surface area contributed by atoms with Crippen LogP contribution in [-0.2, 0) is 4.79 Å². The van der Waals surface area contributed by atoms with E-state index in [0.29, 0.717) is 6.54 Å². The van der Waals surface area contributed by atoms with Crippen LogP contribution < -0.4 is 0 Å². The summed E-state index contributed by atoms with van der Waals surface area (Å²) in [5, 5.41) is 0. The van der Waals surface area contributed by atoms with E-state index in [0.717, 1.165) is 6.42 Å². The molecular formula is C7H13NO. The number of aliphatic imine (C=N–C) groups is 1. The highest BCUT2D eigenvalue weighted by atomic mass is 16.1. The molecule has 0 atom stereocenters. The molecule has 2 nitrogen and oxygen atoms in total. The molecule has 2 heteroatoms. The Hall–Kier alpha value is -0.620. The summed E-state index contributed by atoms with van der Waals surface area (Å²) < 4.78 is 0. The minimum Gasteiger partial charge on any atom is -0.211 e. The Morgan fingerprint density at radius 1 is 1.56 bits per heavy atom. The average Bonchev–Trinajstić information content (AvgIpc) is 1.84. The highest BCUT2D eigenvalue weighted by Crippen LogP contribution is 2.18. The first kappa shape index (κ1) is 8.38. The fourth-order valence-corrected chi connectivity index (χ4v) is 0.358. The van der Waals surface area contributed by atoms with Crippen molar-refractivity contribution in [3.8, 4) is 0 Å². The van der Waals surface area contributed by atoms with Gasteiger partial charge in [-0.1, -0.05) is 20.8 Å². The zero-order chi connectivity index (χ0) is 7.33. The summed E-state index contributed by atoms with van der Waals surface area (Å²) in [6.07, 6.45) is 2.57. The van der Waals surface area contributed by atoms with Crippen molar-refractivity contribution in [1.29, 1.82) is 0 Å². The lowest BCUT2D eigenvalue weighted by molar-refractivity contribution is 0.365. The van der Waals surface area contributed by atoms with Crippen LogP contribution >= 0.6 is 0 Å². The Bertz CT molecular complexity index is 123. The molecular weight excluding hydrogens is 114 g/mol. The zero-order valence-electron chi connectivity index (χ0n) is 6.27. The number of hydrogen-bond donors (Lipinski definition) is 0. The molecule has 0 amide bonds. The van der Waals surface area contributed by atoms with Crippen LogP contribution in [-0.4, -0.2) is 12.6 Å². The van der Waals surface area contributed by atoms with Gasteiger partial charge in [-0.05, 0) is 11.8 Å². The van der Waals surface area contributed by atoms with E-state index in [2.05, 4.69) is 25.8 Å². The number of isocyanates is 1. The first-order valence-corrected chi connectivity index (χ1v) is 3.16. The molecule has 9 heavy (non-hydrogen) atoms. The Morgan fingerprint density at radius 2 is 2.11 bits per heavy atom. The summed E-state index contributed by atoms with van der Waals surface area (Å²) in [6.45, 7) is 6.83. The first-order chi connectivity index (χ1) is 4.12. The van der Waals surface area contributed by atoms with Crippen molar-refractivity contribution in [2.24, 2.45) is 10.4 Å². The Kier molecular flexibility index (Phi) is 3.18. The fourth-order valence-electron chi connectivity index (χ4n) is 0.358. The van der Waals surface area contributed by atoms with E-state index >= 15 is 0 Å². The SMILES string of the molecule is CCC(C)(C)CN=C=O. The summed E-state index contributed by atoms with van der Waals surface area (Å²) in [4.78, 5) is 13.2. The van der Waals surface area contributed by atoms with Crippen molar-refractivity contribution in [1.82, 2.24) is 0 Å². The lowest BCUT2D eigenvalue weighted by Gasteiger charge is -2.17. The lowest BCUT2D eigenvalue weighted by atomic mass is 9.91. The minimum atomic E-state index is 0.164. The number of nitrogens with zero attached hydrogens (tertiary/aromatic N) is 1. The van der Waals surface area contributed by atoms with Crippen LogP contribution in [0.1, 0.15) is 27.2 Å². The molecule has 0 N–H and O–H groups in total. The van der Waals surface area contributed by atoms with Gasteiger partial charge < -0.3 is 0 Å². The molecule has 0 saturated carbocycles. The maximum absolute atomic E-state index is 9.68. The molecule has 0 fully saturated rings. The maximum atomic E-state index is 9.68. The van der Waals surface area contributed by atoms with Crippen LogP contribution in [0.4, 0.5) is 0 Å². The largest absolute Gasteiger partial charge is 0.234 e. The van der Waals surface area contributed by atoms with Crippen molar-refractivity contribution in [2.75, 3.05) is 6.54 Å². The molecule has 0 bridgehead atoms. The maximum Gasteiger partial charge on any atom is 0.234 e. The Morgan fingerprint density at radius 3 is 2.44 bits per heavy atom. The van der Waals surface area contributed by atoms with Gasteiger partial charge in [-0.3, -0.25) is 0 Å². The van der Waals surface area contributed by atoms with E-state index in [1.54, 1.807) is 0 Å². The summed E-state index contributed by atoms with van der Waals surface area (Å²) in [5.41, 5.74) is 0.164. The Labute approximate surface area is 56.0 Å². The van der Waals surface area contributed by atoms with Crippen LogP contribution in [0.3, 0.4) is 0 Å². The van der Waals surface area contributed by atoms with Gasteiger partial charge in [0.25, 0.3) is 0 Å². The zero-order valence-corrected chi connectivity index (χ0v) is 6.27. The van der Waals surface area contributed by atoms with Crippen molar-refractivity contribution >= 4 is 6.08 Å². The van der Waals surface area contributed by atoms with Gasteiger partial charge in [0.1, 0.15) is 0 Å². The third-order valence-corrected chi connectivity index (χ3v) is 1.53. The topological polar surface area (TPSA) is 29.4 Å². The first-order valence-electron chi connectivity index (χ1n) is 3.16. The van der Waals surface area contributed by atoms with Gasteiger partial charge in [-0.25, -0.2) is 9.79 Å². The van der Waals surface area contributed by atoms with E-state index < -0.39 is 0 Å². The molecule has 0 aromatic rings. The Balaban J connectivity index is 3.71. The minimum absolute atomic E-state index is 0.164. The van der Waals surface area contributed by atoms with Crippen molar-refractivity contribution in [3.05, 3.63) is 0 Å². The molecule has 0 aliphatic heterocycles. The highest BCUT2D eigenvalue weighted by Gasteiger charge is 2.13. The standard InChI is InChI=1S/C7H13NO/c1-4-7(2,3)5-8-6-9/h4-5H2,1-3H3. The van der Waals surface area contributed by atoms with Gasteiger partial charge in [0.15, 0.2) is 0 Å². The van der Waals surface area contributed by atoms with Crippen LogP contribution in [0.25, 0.3) is 0 Å². The molecule has 0 radical (unpaired) electrons. The van der Waals surface area contributed by atoms with Crippen LogP contribution in [0.15, 0.2) is 4.99 Å². The predicted octanol–water partition coefficient (Wildman–Crippen LogP) is 1.76. The lowest BCUT2D eigenvalue weighted by Crippen LogP contribution is -2.13. The molecule has 0 heterocycles. The third-order valence-electron chi connectivity index (χ3n) is 1.53. The predicted molar refractivity (Wildman–Crippen MR) is 37.1 cm³/mol. The van der Waals surface area contributed by atoms with Crippen molar-refractivity contribution in [3.63, 3.8) is 0 Å². The van der Waals surface area contributed by atoms with Gasteiger partial charge in [-0.15, -0.1) is 0 Å². The second-order valence-corrected chi connectivity index (χ2v) is 2.93. The van der Waals surface area contributed by atoms with E-state index in [1.807, 2.05) is 0 Å². The number of rotatable bonds is 3. The van der Waals surface area contributed by atoms with Gasteiger partial charge in [0, 0.05) is 0 Å². The van der Waals surface area contributed by atoms with Gasteiger partial charge in [0.2, 0.25) is 6.08 Å². The van der Waals surface area contributed by atoms with Crippen LogP contribution in [0, 0.1) is 5.41 Å². The summed E-state index contributed by atoms with van der Waals surface area (Å²) >= 11 is 0. The molecule has 0 unspecified atom stereocenters. The van der Waals surface area contributed by atoms with E-state index in [4.69, 9.17) is 0 Å². The van der Waals surface area contributed by atoms with Crippen LogP contribution in [0.5, 0.6) is 0 Å². The van der Waals surface area contributed by atoms with E-state index in [9.17, 15) is 4.79 Å². The normalized spacial score (nSPS) is 10.6.